The average Bonchev–Trinajstić information content (AvgIpc) is 3.99. The molecular formula is C47H79N11O11. The predicted octanol–water partition coefficient (Wildman–Crippen LogP) is -1.14. The highest BCUT2D eigenvalue weighted by molar-refractivity contribution is 5.98. The Labute approximate surface area is 407 Å². The van der Waals surface area contributed by atoms with E-state index in [0.29, 0.717) is 44.9 Å². The molecule has 0 aromatic heterocycles. The minimum absolute atomic E-state index is 0.127. The molecule has 3 fully saturated rings. The minimum atomic E-state index is -1.35. The number of nitrogens with zero attached hydrogens (tertiary/aromatic N) is 8. The number of amides is 11. The molecule has 1 saturated carbocycles. The maximum atomic E-state index is 14.6. The molecule has 1 aliphatic carbocycles. The first-order chi connectivity index (χ1) is 32.2. The molecule has 22 heteroatoms. The second-order valence-corrected chi connectivity index (χ2v) is 19.6. The maximum Gasteiger partial charge on any atom is 0.248 e. The fourth-order valence-corrected chi connectivity index (χ4v) is 9.18. The fraction of sp³-hybridized carbons (Fsp3) is 0.766. The summed E-state index contributed by atoms with van der Waals surface area (Å²) < 4.78 is 0. The van der Waals surface area contributed by atoms with E-state index in [2.05, 4.69) is 16.0 Å². The molecule has 0 aromatic carbocycles. The molecule has 2 saturated heterocycles. The highest BCUT2D eigenvalue weighted by atomic mass is 16.2. The molecule has 6 atom stereocenters. The molecule has 11 amide bonds. The van der Waals surface area contributed by atoms with Gasteiger partial charge in [0.15, 0.2) is 0 Å². The zero-order valence-electron chi connectivity index (χ0n) is 43.2. The van der Waals surface area contributed by atoms with E-state index in [1.54, 1.807) is 41.7 Å². The van der Waals surface area contributed by atoms with Crippen LogP contribution >= 0.6 is 0 Å². The number of hydrogen-bond donors (Lipinski definition) is 3. The van der Waals surface area contributed by atoms with Crippen LogP contribution in [0.1, 0.15) is 99.8 Å². The summed E-state index contributed by atoms with van der Waals surface area (Å²) in [6.07, 6.45) is 3.02. The molecule has 0 radical (unpaired) electrons. The van der Waals surface area contributed by atoms with Crippen LogP contribution in [0.5, 0.6) is 0 Å². The van der Waals surface area contributed by atoms with Gasteiger partial charge < -0.3 is 55.1 Å². The first kappa shape index (κ1) is 57.5. The van der Waals surface area contributed by atoms with E-state index < -0.39 is 133 Å². The van der Waals surface area contributed by atoms with Gasteiger partial charge >= 0.3 is 0 Å². The Bertz CT molecular complexity index is 1940. The quantitative estimate of drug-likeness (QED) is 0.304. The van der Waals surface area contributed by atoms with E-state index in [0.717, 1.165) is 19.6 Å². The molecule has 0 bridgehead atoms. The second-order valence-electron chi connectivity index (χ2n) is 19.6. The molecule has 1 spiro atoms. The number of nitrogens with one attached hydrogen (secondary N) is 3. The van der Waals surface area contributed by atoms with Gasteiger partial charge in [-0.15, -0.1) is 0 Å². The molecule has 69 heavy (non-hydrogen) atoms. The van der Waals surface area contributed by atoms with Crippen LogP contribution in [0.2, 0.25) is 0 Å². The third-order valence-corrected chi connectivity index (χ3v) is 14.1. The van der Waals surface area contributed by atoms with Gasteiger partial charge in [0.2, 0.25) is 65.0 Å². The molecule has 3 rings (SSSR count). The Balaban J connectivity index is 1.96. The highest BCUT2D eigenvalue weighted by Gasteiger charge is 2.49. The summed E-state index contributed by atoms with van der Waals surface area (Å²) in [5.74, 6) is -6.80. The first-order valence-corrected chi connectivity index (χ1v) is 24.2. The predicted molar refractivity (Wildman–Crippen MR) is 254 cm³/mol. The highest BCUT2D eigenvalue weighted by Crippen LogP contribution is 2.34. The molecule has 388 valence electrons. The number of likely N-dealkylation sites (N-methyl/N-ethyl adjacent to an activating group) is 7. The van der Waals surface area contributed by atoms with Crippen molar-refractivity contribution in [3.05, 3.63) is 0 Å². The molecule has 22 nitrogen and oxygen atoms in total. The van der Waals surface area contributed by atoms with Crippen molar-refractivity contribution in [1.82, 2.24) is 55.1 Å². The summed E-state index contributed by atoms with van der Waals surface area (Å²) in [6.45, 7) is 10.3. The molecule has 0 aromatic rings. The van der Waals surface area contributed by atoms with Crippen molar-refractivity contribution in [3.63, 3.8) is 0 Å². The lowest BCUT2D eigenvalue weighted by molar-refractivity contribution is -0.152. The number of fused-ring (bicyclic) bond motifs is 1. The van der Waals surface area contributed by atoms with E-state index in [9.17, 15) is 52.7 Å². The summed E-state index contributed by atoms with van der Waals surface area (Å²) >= 11 is 0. The van der Waals surface area contributed by atoms with E-state index >= 15 is 0 Å². The van der Waals surface area contributed by atoms with Crippen LogP contribution in [0, 0.1) is 11.8 Å². The summed E-state index contributed by atoms with van der Waals surface area (Å²) in [4.78, 5) is 161. The van der Waals surface area contributed by atoms with Crippen molar-refractivity contribution in [2.75, 3.05) is 88.1 Å². The minimum Gasteiger partial charge on any atom is -0.345 e. The molecule has 2 aliphatic heterocycles. The van der Waals surface area contributed by atoms with Crippen molar-refractivity contribution in [3.8, 4) is 0 Å². The Morgan fingerprint density at radius 3 is 1.70 bits per heavy atom. The van der Waals surface area contributed by atoms with Crippen LogP contribution < -0.4 is 16.0 Å². The van der Waals surface area contributed by atoms with Crippen molar-refractivity contribution in [2.24, 2.45) is 11.8 Å². The van der Waals surface area contributed by atoms with Gasteiger partial charge in [0.25, 0.3) is 0 Å². The van der Waals surface area contributed by atoms with Crippen LogP contribution in [-0.4, -0.2) is 228 Å². The molecule has 3 aliphatic rings. The second kappa shape index (κ2) is 25.2. The van der Waals surface area contributed by atoms with Crippen molar-refractivity contribution in [1.29, 1.82) is 0 Å². The van der Waals surface area contributed by atoms with Gasteiger partial charge in [-0.3, -0.25) is 52.7 Å². The van der Waals surface area contributed by atoms with E-state index in [4.69, 9.17) is 0 Å². The smallest absolute Gasteiger partial charge is 0.248 e. The molecule has 3 N–H and O–H groups in total. The van der Waals surface area contributed by atoms with Gasteiger partial charge in [-0.05, 0) is 58.3 Å². The van der Waals surface area contributed by atoms with Crippen LogP contribution in [0.15, 0.2) is 0 Å². The average molecular weight is 974 g/mol. The van der Waals surface area contributed by atoms with Gasteiger partial charge in [-0.1, -0.05) is 47.0 Å². The van der Waals surface area contributed by atoms with Gasteiger partial charge in [-0.2, -0.15) is 0 Å². The normalized spacial score (nSPS) is 26.8. The number of carbonyl (C=O) groups is 11. The standard InChI is InChI=1S/C47H79N11O11/c1-14-30(5)40-44(67)54(11)28-39(64)53(10)27-38(63)52(9)26-37(62)51(8)25-34(59)48-24-36(61)58-22-18-19-33(58)43(66)50-47(20-16-17-21-47)46(69)56(13)41(29(3)4)45(68)55(12)31(6)23-35(60)57(15-2)32(7)42(65)49-40/h29-33,40-41H,14-28H2,1-13H3,(H,48,59)(H,49,65)(H,50,66)/t30-,31?,32?,33?,40?,41?/m0/s1. The fourth-order valence-electron chi connectivity index (χ4n) is 9.18. The summed E-state index contributed by atoms with van der Waals surface area (Å²) in [7, 11) is 8.55. The summed E-state index contributed by atoms with van der Waals surface area (Å²) in [5, 5.41) is 8.30. The Morgan fingerprint density at radius 1 is 0.638 bits per heavy atom. The van der Waals surface area contributed by atoms with Gasteiger partial charge in [0, 0.05) is 67.8 Å². The van der Waals surface area contributed by atoms with Crippen LogP contribution in [0.4, 0.5) is 0 Å². The van der Waals surface area contributed by atoms with Gasteiger partial charge in [0.05, 0.1) is 32.7 Å². The van der Waals surface area contributed by atoms with E-state index in [1.165, 1.54) is 61.8 Å². The van der Waals surface area contributed by atoms with Crippen LogP contribution in [0.25, 0.3) is 0 Å². The molecule has 2 heterocycles. The van der Waals surface area contributed by atoms with Crippen molar-refractivity contribution >= 4 is 65.0 Å². The SMILES string of the molecule is CC[C@H](C)C1NC(=O)C(C)N(CC)C(=O)CC(C)N(C)C(=O)C(C(C)C)N(C)C(=O)C2(CCCC2)NC(=O)C2CCCN2C(=O)CNC(=O)CN(C)C(=O)CN(C)C(=O)CN(C)C(=O)CN(C)C1=O. The Kier molecular flexibility index (Phi) is 21.0. The van der Waals surface area contributed by atoms with Crippen molar-refractivity contribution in [2.45, 2.75) is 136 Å². The Hall–Kier alpha value is -5.83. The van der Waals surface area contributed by atoms with Gasteiger partial charge in [0.1, 0.15) is 29.7 Å². The van der Waals surface area contributed by atoms with Crippen LogP contribution in [0.3, 0.4) is 0 Å². The number of carbonyl (C=O) groups excluding carboxylic acids is 11. The van der Waals surface area contributed by atoms with Crippen molar-refractivity contribution < 1.29 is 52.7 Å². The van der Waals surface area contributed by atoms with Gasteiger partial charge in [-0.25, -0.2) is 0 Å². The topological polar surface area (TPSA) is 250 Å². The number of rotatable bonds is 4. The molecule has 5 unspecified atom stereocenters. The zero-order valence-corrected chi connectivity index (χ0v) is 43.2. The summed E-state index contributed by atoms with van der Waals surface area (Å²) in [6, 6.07) is -4.71. The first-order valence-electron chi connectivity index (χ1n) is 24.2. The third kappa shape index (κ3) is 14.4. The molecular weight excluding hydrogens is 895 g/mol. The number of hydrogen-bond acceptors (Lipinski definition) is 11. The lowest BCUT2D eigenvalue weighted by Gasteiger charge is -2.41. The van der Waals surface area contributed by atoms with E-state index in [1.807, 2.05) is 6.92 Å². The van der Waals surface area contributed by atoms with Crippen LogP contribution in [-0.2, 0) is 52.7 Å². The zero-order chi connectivity index (χ0) is 52.2. The van der Waals surface area contributed by atoms with E-state index in [-0.39, 0.29) is 31.3 Å². The lowest BCUT2D eigenvalue weighted by Crippen LogP contribution is -2.64. The Morgan fingerprint density at radius 2 is 1.17 bits per heavy atom. The largest absolute Gasteiger partial charge is 0.345 e. The third-order valence-electron chi connectivity index (χ3n) is 14.1. The maximum absolute atomic E-state index is 14.6. The summed E-state index contributed by atoms with van der Waals surface area (Å²) in [5.41, 5.74) is -1.35. The lowest BCUT2D eigenvalue weighted by atomic mass is 9.91. The monoisotopic (exact) mass is 974 g/mol.